The number of fused-ring (bicyclic) bond motifs is 6. The average Bonchev–Trinajstić information content (AvgIpc) is 3.70. The van der Waals surface area contributed by atoms with Gasteiger partial charge in [-0.1, -0.05) is 115 Å². The molecule has 354 valence electrons. The van der Waals surface area contributed by atoms with Crippen LogP contribution in [0.25, 0.3) is 0 Å². The molecular weight excluding hydrogens is 909 g/mol. The number of rotatable bonds is 15. The highest BCUT2D eigenvalue weighted by Gasteiger charge is 2.55. The summed E-state index contributed by atoms with van der Waals surface area (Å²) in [6.45, 7) is -0.632. The quantitative estimate of drug-likeness (QED) is 0.0194. The lowest BCUT2D eigenvalue weighted by Crippen LogP contribution is -2.38. The Morgan fingerprint density at radius 2 is 1.21 bits per heavy atom. The second-order valence-electron chi connectivity index (χ2n) is 16.3. The number of amides is 2. The first-order valence-electron chi connectivity index (χ1n) is 22.4. The molecule has 1 unspecified atom stereocenters. The third-order valence-corrected chi connectivity index (χ3v) is 11.8. The molecule has 2 amide bonds. The molecule has 1 spiro atoms. The molecule has 7 aromatic carbocycles. The van der Waals surface area contributed by atoms with Crippen LogP contribution in [0.1, 0.15) is 87.7 Å². The highest BCUT2D eigenvalue weighted by molar-refractivity contribution is 6.05. The molecule has 0 fully saturated rings. The summed E-state index contributed by atoms with van der Waals surface area (Å²) in [6.07, 6.45) is -1.23. The SMILES string of the molecule is O=C(Oc1ccc2c(c1)Oc1c(ccc(OC(=O)c3ccccc3)c1C(=O)CCCN(C(=O)OCc1ccccc1)C(=O)OCc1ccccc1)C21OC(=O)c2c(CC=NO)cccc21)c1ccccc1. The maximum Gasteiger partial charge on any atom is 0.419 e. The van der Waals surface area contributed by atoms with E-state index in [0.717, 1.165) is 4.90 Å². The molecule has 7 aromatic rings. The van der Waals surface area contributed by atoms with Crippen molar-refractivity contribution in [2.75, 3.05) is 6.54 Å². The first-order valence-corrected chi connectivity index (χ1v) is 22.4. The fraction of sp³-hybridized carbons (Fsp3) is 0.125. The Bertz CT molecular complexity index is 3130. The second kappa shape index (κ2) is 20.9. The molecule has 9 rings (SSSR count). The smallest absolute Gasteiger partial charge is 0.419 e. The van der Waals surface area contributed by atoms with Crippen LogP contribution in [-0.2, 0) is 39.4 Å². The Labute approximate surface area is 406 Å². The number of ketones is 1. The van der Waals surface area contributed by atoms with Crippen LogP contribution in [0, 0.1) is 0 Å². The van der Waals surface area contributed by atoms with Crippen LogP contribution in [0.3, 0.4) is 0 Å². The topological polar surface area (TPSA) is 194 Å². The molecular formula is C56H42N2O13. The van der Waals surface area contributed by atoms with E-state index in [1.165, 1.54) is 30.5 Å². The number of esters is 3. The van der Waals surface area contributed by atoms with Crippen molar-refractivity contribution >= 4 is 42.1 Å². The van der Waals surface area contributed by atoms with Crippen LogP contribution in [0.5, 0.6) is 23.0 Å². The number of ether oxygens (including phenoxy) is 6. The van der Waals surface area contributed by atoms with Crippen molar-refractivity contribution in [3.8, 4) is 23.0 Å². The largest absolute Gasteiger partial charge is 0.455 e. The summed E-state index contributed by atoms with van der Waals surface area (Å²) < 4.78 is 35.9. The number of imide groups is 1. The van der Waals surface area contributed by atoms with Gasteiger partial charge in [0, 0.05) is 48.4 Å². The van der Waals surface area contributed by atoms with Gasteiger partial charge < -0.3 is 33.6 Å². The summed E-state index contributed by atoms with van der Waals surface area (Å²) in [5, 5.41) is 12.4. The Morgan fingerprint density at radius 3 is 1.82 bits per heavy atom. The summed E-state index contributed by atoms with van der Waals surface area (Å²) in [4.78, 5) is 84.3. The summed E-state index contributed by atoms with van der Waals surface area (Å²) in [7, 11) is 0. The maximum atomic E-state index is 15.0. The lowest BCUT2D eigenvalue weighted by atomic mass is 9.76. The van der Waals surface area contributed by atoms with Crippen molar-refractivity contribution in [3.05, 3.63) is 225 Å². The Morgan fingerprint density at radius 1 is 0.634 bits per heavy atom. The lowest BCUT2D eigenvalue weighted by Gasteiger charge is -2.37. The molecule has 0 saturated heterocycles. The van der Waals surface area contributed by atoms with Gasteiger partial charge in [0.05, 0.1) is 16.7 Å². The zero-order valence-corrected chi connectivity index (χ0v) is 37.7. The van der Waals surface area contributed by atoms with E-state index in [-0.39, 0.29) is 89.8 Å². The zero-order chi connectivity index (χ0) is 49.3. The number of nitrogens with zero attached hydrogens (tertiary/aromatic N) is 2. The van der Waals surface area contributed by atoms with Gasteiger partial charge in [0.15, 0.2) is 11.4 Å². The molecule has 1 N–H and O–H groups in total. The number of Topliss-reactive ketones (excluding diaryl/α,β-unsaturated/α-hetero) is 1. The highest BCUT2D eigenvalue weighted by atomic mass is 16.6. The normalized spacial score (nSPS) is 14.0. The van der Waals surface area contributed by atoms with E-state index in [4.69, 9.17) is 28.4 Å². The van der Waals surface area contributed by atoms with Crippen LogP contribution in [-0.4, -0.2) is 58.7 Å². The third kappa shape index (κ3) is 9.83. The summed E-state index contributed by atoms with van der Waals surface area (Å²) in [6, 6.07) is 46.7. The monoisotopic (exact) mass is 950 g/mol. The fourth-order valence-electron chi connectivity index (χ4n) is 8.43. The van der Waals surface area contributed by atoms with E-state index in [1.54, 1.807) is 133 Å². The van der Waals surface area contributed by atoms with Gasteiger partial charge in [0.25, 0.3) is 0 Å². The maximum absolute atomic E-state index is 15.0. The van der Waals surface area contributed by atoms with E-state index >= 15 is 4.79 Å². The minimum absolute atomic E-state index is 0.0212. The van der Waals surface area contributed by atoms with E-state index in [2.05, 4.69) is 5.16 Å². The van der Waals surface area contributed by atoms with Gasteiger partial charge in [0.2, 0.25) is 0 Å². The van der Waals surface area contributed by atoms with Gasteiger partial charge in [0.1, 0.15) is 41.8 Å². The number of hydrogen-bond donors (Lipinski definition) is 1. The third-order valence-electron chi connectivity index (χ3n) is 11.8. The predicted octanol–water partition coefficient (Wildman–Crippen LogP) is 10.6. The molecule has 1 atom stereocenters. The first-order chi connectivity index (χ1) is 34.6. The van der Waals surface area contributed by atoms with Crippen molar-refractivity contribution in [2.24, 2.45) is 5.16 Å². The van der Waals surface area contributed by atoms with Gasteiger partial charge in [-0.2, -0.15) is 0 Å². The van der Waals surface area contributed by atoms with E-state index in [1.807, 2.05) is 12.1 Å². The lowest BCUT2D eigenvalue weighted by molar-refractivity contribution is 0.0223. The van der Waals surface area contributed by atoms with Gasteiger partial charge in [-0.3, -0.25) is 4.79 Å². The molecule has 2 heterocycles. The molecule has 0 aliphatic carbocycles. The average molecular weight is 951 g/mol. The molecule has 0 saturated carbocycles. The minimum Gasteiger partial charge on any atom is -0.455 e. The van der Waals surface area contributed by atoms with Crippen molar-refractivity contribution in [3.63, 3.8) is 0 Å². The Kier molecular flexibility index (Phi) is 13.7. The molecule has 2 aliphatic heterocycles. The fourth-order valence-corrected chi connectivity index (χ4v) is 8.43. The summed E-state index contributed by atoms with van der Waals surface area (Å²) in [5.74, 6) is -3.16. The van der Waals surface area contributed by atoms with Crippen LogP contribution >= 0.6 is 0 Å². The molecule has 71 heavy (non-hydrogen) atoms. The van der Waals surface area contributed by atoms with Crippen LogP contribution < -0.4 is 14.2 Å². The molecule has 15 nitrogen and oxygen atoms in total. The van der Waals surface area contributed by atoms with Crippen LogP contribution in [0.4, 0.5) is 9.59 Å². The number of benzene rings is 7. The molecule has 0 radical (unpaired) electrons. The standard InChI is InChI=1S/C56H42N2O13/c59-45(25-14-32-58(54(63)66-34-36-15-5-1-6-16-36)55(64)67-35-37-17-7-2-8-18-37)49-46(70-52(61)40-21-11-4-12-22-40)29-28-44-50(49)69-47-33-41(68-51(60)39-19-9-3-10-20-39)26-27-42(47)56(44)43-24-13-23-38(30-31-57-65)48(43)53(62)71-56/h1-13,15-24,26-29,31,33,65H,14,25,30,32,34-35H2. The first kappa shape index (κ1) is 46.7. The highest BCUT2D eigenvalue weighted by Crippen LogP contribution is 2.59. The van der Waals surface area contributed by atoms with Crippen LogP contribution in [0.15, 0.2) is 175 Å². The molecule has 0 bridgehead atoms. The molecule has 0 aromatic heterocycles. The van der Waals surface area contributed by atoms with Crippen molar-refractivity contribution in [1.82, 2.24) is 4.90 Å². The number of oxime groups is 1. The zero-order valence-electron chi connectivity index (χ0n) is 37.7. The van der Waals surface area contributed by atoms with E-state index in [0.29, 0.717) is 27.8 Å². The van der Waals surface area contributed by atoms with Gasteiger partial charge >= 0.3 is 30.1 Å². The number of hydrogen-bond acceptors (Lipinski definition) is 14. The van der Waals surface area contributed by atoms with Gasteiger partial charge in [-0.15, -0.1) is 5.16 Å². The minimum atomic E-state index is -1.80. The number of carbonyl (C=O) groups excluding carboxylic acids is 6. The van der Waals surface area contributed by atoms with Gasteiger partial charge in [-0.05, 0) is 71.6 Å². The van der Waals surface area contributed by atoms with Crippen LogP contribution in [0.2, 0.25) is 0 Å². The second-order valence-corrected chi connectivity index (χ2v) is 16.3. The van der Waals surface area contributed by atoms with Crippen molar-refractivity contribution in [2.45, 2.75) is 38.1 Å². The van der Waals surface area contributed by atoms with Crippen molar-refractivity contribution in [1.29, 1.82) is 0 Å². The molecule has 2 aliphatic rings. The summed E-state index contributed by atoms with van der Waals surface area (Å²) in [5.41, 5.74) is 1.25. The Balaban J connectivity index is 1.11. The molecule has 15 heteroatoms. The van der Waals surface area contributed by atoms with E-state index in [9.17, 15) is 29.2 Å². The van der Waals surface area contributed by atoms with E-state index < -0.39 is 41.5 Å². The Hall–Kier alpha value is -9.37. The van der Waals surface area contributed by atoms with Gasteiger partial charge in [-0.25, -0.2) is 28.9 Å². The predicted molar refractivity (Wildman–Crippen MR) is 255 cm³/mol. The van der Waals surface area contributed by atoms with Crippen molar-refractivity contribution < 1.29 is 62.4 Å². The number of carbonyl (C=O) groups is 6. The summed E-state index contributed by atoms with van der Waals surface area (Å²) >= 11 is 0.